The standard InChI is InChI=1S/C12H14BrN3S/c1-2-14-11(12-7-17-8-16-12)5-10-4-3-9(13)6-15-10/h3-4,6-8,11,14H,2,5H2,1H3. The monoisotopic (exact) mass is 311 g/mol. The molecular weight excluding hydrogens is 298 g/mol. The van der Waals surface area contributed by atoms with E-state index in [-0.39, 0.29) is 6.04 Å². The lowest BCUT2D eigenvalue weighted by atomic mass is 10.1. The van der Waals surface area contributed by atoms with E-state index in [9.17, 15) is 0 Å². The molecule has 2 aromatic rings. The Morgan fingerprint density at radius 3 is 2.88 bits per heavy atom. The van der Waals surface area contributed by atoms with Crippen LogP contribution in [0.5, 0.6) is 0 Å². The SMILES string of the molecule is CCNC(Cc1ccc(Br)cn1)c1cscn1. The molecule has 0 aliphatic rings. The van der Waals surface area contributed by atoms with Crippen molar-refractivity contribution < 1.29 is 0 Å². The van der Waals surface area contributed by atoms with Crippen LogP contribution in [0.4, 0.5) is 0 Å². The first-order chi connectivity index (χ1) is 8.29. The second kappa shape index (κ2) is 6.23. The molecule has 1 unspecified atom stereocenters. The topological polar surface area (TPSA) is 37.8 Å². The van der Waals surface area contributed by atoms with Crippen molar-refractivity contribution >= 4 is 27.3 Å². The molecule has 90 valence electrons. The fourth-order valence-electron chi connectivity index (χ4n) is 1.66. The van der Waals surface area contributed by atoms with Crippen LogP contribution in [0.1, 0.15) is 24.4 Å². The van der Waals surface area contributed by atoms with E-state index in [4.69, 9.17) is 0 Å². The van der Waals surface area contributed by atoms with Crippen molar-refractivity contribution in [3.05, 3.63) is 45.1 Å². The molecule has 0 saturated heterocycles. The lowest BCUT2D eigenvalue weighted by Gasteiger charge is -2.15. The molecule has 2 aromatic heterocycles. The summed E-state index contributed by atoms with van der Waals surface area (Å²) < 4.78 is 1.01. The van der Waals surface area contributed by atoms with E-state index in [0.717, 1.165) is 28.8 Å². The molecule has 5 heteroatoms. The predicted octanol–water partition coefficient (Wildman–Crippen LogP) is 3.19. The van der Waals surface area contributed by atoms with Gasteiger partial charge in [0.25, 0.3) is 0 Å². The van der Waals surface area contributed by atoms with Gasteiger partial charge in [0.15, 0.2) is 0 Å². The van der Waals surface area contributed by atoms with Crippen molar-refractivity contribution in [1.82, 2.24) is 15.3 Å². The van der Waals surface area contributed by atoms with Crippen molar-refractivity contribution in [3.8, 4) is 0 Å². The van der Waals surface area contributed by atoms with Crippen LogP contribution < -0.4 is 5.32 Å². The van der Waals surface area contributed by atoms with Crippen LogP contribution in [-0.4, -0.2) is 16.5 Å². The summed E-state index contributed by atoms with van der Waals surface area (Å²) in [5, 5.41) is 5.53. The lowest BCUT2D eigenvalue weighted by Crippen LogP contribution is -2.23. The number of aromatic nitrogens is 2. The van der Waals surface area contributed by atoms with Gasteiger partial charge in [-0.3, -0.25) is 4.98 Å². The Bertz CT molecular complexity index is 441. The zero-order chi connectivity index (χ0) is 12.1. The van der Waals surface area contributed by atoms with E-state index in [2.05, 4.69) is 43.5 Å². The van der Waals surface area contributed by atoms with Gasteiger partial charge in [0, 0.05) is 28.2 Å². The fourth-order valence-corrected chi connectivity index (χ4v) is 2.50. The molecule has 3 nitrogen and oxygen atoms in total. The number of nitrogens with one attached hydrogen (secondary N) is 1. The molecule has 0 aliphatic carbocycles. The third kappa shape index (κ3) is 3.59. The quantitative estimate of drug-likeness (QED) is 0.921. The third-order valence-corrected chi connectivity index (χ3v) is 3.53. The van der Waals surface area contributed by atoms with Crippen LogP contribution >= 0.6 is 27.3 Å². The van der Waals surface area contributed by atoms with Gasteiger partial charge in [0.1, 0.15) is 0 Å². The van der Waals surface area contributed by atoms with Crippen LogP contribution in [0.3, 0.4) is 0 Å². The Kier molecular flexibility index (Phi) is 4.65. The van der Waals surface area contributed by atoms with Crippen LogP contribution in [0.15, 0.2) is 33.7 Å². The first-order valence-electron chi connectivity index (χ1n) is 5.51. The summed E-state index contributed by atoms with van der Waals surface area (Å²) in [5.74, 6) is 0. The van der Waals surface area contributed by atoms with Crippen LogP contribution in [0.25, 0.3) is 0 Å². The summed E-state index contributed by atoms with van der Waals surface area (Å²) in [6, 6.07) is 4.31. The first kappa shape index (κ1) is 12.7. The van der Waals surface area contributed by atoms with Gasteiger partial charge in [0.05, 0.1) is 17.2 Å². The van der Waals surface area contributed by atoms with Crippen molar-refractivity contribution in [3.63, 3.8) is 0 Å². The summed E-state index contributed by atoms with van der Waals surface area (Å²) in [5.41, 5.74) is 4.04. The maximum atomic E-state index is 4.40. The highest BCUT2D eigenvalue weighted by Gasteiger charge is 2.13. The Labute approximate surface area is 113 Å². The van der Waals surface area contributed by atoms with E-state index >= 15 is 0 Å². The molecule has 0 radical (unpaired) electrons. The molecule has 1 N–H and O–H groups in total. The normalized spacial score (nSPS) is 12.6. The van der Waals surface area contributed by atoms with Gasteiger partial charge in [-0.25, -0.2) is 4.98 Å². The number of rotatable bonds is 5. The van der Waals surface area contributed by atoms with Gasteiger partial charge in [-0.05, 0) is 34.6 Å². The highest BCUT2D eigenvalue weighted by atomic mass is 79.9. The smallest absolute Gasteiger partial charge is 0.0795 e. The number of hydrogen-bond donors (Lipinski definition) is 1. The van der Waals surface area contributed by atoms with Gasteiger partial charge in [-0.15, -0.1) is 11.3 Å². The van der Waals surface area contributed by atoms with E-state index in [1.165, 1.54) is 0 Å². The minimum Gasteiger partial charge on any atom is -0.309 e. The van der Waals surface area contributed by atoms with Crippen molar-refractivity contribution in [2.45, 2.75) is 19.4 Å². The number of hydrogen-bond acceptors (Lipinski definition) is 4. The van der Waals surface area contributed by atoms with Gasteiger partial charge < -0.3 is 5.32 Å². The fraction of sp³-hybridized carbons (Fsp3) is 0.333. The summed E-state index contributed by atoms with van der Waals surface area (Å²) in [7, 11) is 0. The maximum absolute atomic E-state index is 4.40. The average molecular weight is 312 g/mol. The molecule has 0 aromatic carbocycles. The zero-order valence-corrected chi connectivity index (χ0v) is 12.0. The second-order valence-corrected chi connectivity index (χ2v) is 5.33. The molecule has 0 aliphatic heterocycles. The predicted molar refractivity (Wildman–Crippen MR) is 74.2 cm³/mol. The minimum atomic E-state index is 0.250. The van der Waals surface area contributed by atoms with Crippen LogP contribution in [0, 0.1) is 0 Å². The second-order valence-electron chi connectivity index (χ2n) is 3.70. The molecule has 0 amide bonds. The minimum absolute atomic E-state index is 0.250. The van der Waals surface area contributed by atoms with Gasteiger partial charge in [-0.1, -0.05) is 6.92 Å². The summed E-state index contributed by atoms with van der Waals surface area (Å²) in [6.45, 7) is 3.03. The van der Waals surface area contributed by atoms with Gasteiger partial charge >= 0.3 is 0 Å². The lowest BCUT2D eigenvalue weighted by molar-refractivity contribution is 0.534. The van der Waals surface area contributed by atoms with Crippen molar-refractivity contribution in [2.75, 3.05) is 6.54 Å². The van der Waals surface area contributed by atoms with Gasteiger partial charge in [0.2, 0.25) is 0 Å². The third-order valence-electron chi connectivity index (χ3n) is 2.46. The Morgan fingerprint density at radius 1 is 1.41 bits per heavy atom. The molecule has 1 atom stereocenters. The van der Waals surface area contributed by atoms with Crippen molar-refractivity contribution in [2.24, 2.45) is 0 Å². The van der Waals surface area contributed by atoms with Crippen LogP contribution in [-0.2, 0) is 6.42 Å². The number of halogens is 1. The number of thiazole rings is 1. The maximum Gasteiger partial charge on any atom is 0.0795 e. The average Bonchev–Trinajstić information content (AvgIpc) is 2.85. The van der Waals surface area contributed by atoms with E-state index in [0.29, 0.717) is 0 Å². The highest BCUT2D eigenvalue weighted by molar-refractivity contribution is 9.10. The molecule has 0 spiro atoms. The Morgan fingerprint density at radius 2 is 2.29 bits per heavy atom. The molecular formula is C12H14BrN3S. The Hall–Kier alpha value is -0.780. The highest BCUT2D eigenvalue weighted by Crippen LogP contribution is 2.18. The Balaban J connectivity index is 2.10. The largest absolute Gasteiger partial charge is 0.309 e. The van der Waals surface area contributed by atoms with E-state index in [1.54, 1.807) is 11.3 Å². The van der Waals surface area contributed by atoms with Crippen LogP contribution in [0.2, 0.25) is 0 Å². The number of likely N-dealkylation sites (N-methyl/N-ethyl adjacent to an activating group) is 1. The molecule has 2 rings (SSSR count). The molecule has 0 fully saturated rings. The summed E-state index contributed by atoms with van der Waals surface area (Å²) >= 11 is 5.02. The number of pyridine rings is 1. The molecule has 0 bridgehead atoms. The van der Waals surface area contributed by atoms with E-state index < -0.39 is 0 Å². The number of nitrogens with zero attached hydrogens (tertiary/aromatic N) is 2. The van der Waals surface area contributed by atoms with E-state index in [1.807, 2.05) is 23.8 Å². The summed E-state index contributed by atoms with van der Waals surface area (Å²) in [4.78, 5) is 8.77. The van der Waals surface area contributed by atoms with Crippen molar-refractivity contribution in [1.29, 1.82) is 0 Å². The summed E-state index contributed by atoms with van der Waals surface area (Å²) in [6.07, 6.45) is 2.70. The molecule has 2 heterocycles. The van der Waals surface area contributed by atoms with Gasteiger partial charge in [-0.2, -0.15) is 0 Å². The first-order valence-corrected chi connectivity index (χ1v) is 7.25. The zero-order valence-electron chi connectivity index (χ0n) is 9.56. The molecule has 0 saturated carbocycles. The molecule has 17 heavy (non-hydrogen) atoms.